The first-order valence-electron chi connectivity index (χ1n) is 11.2. The number of nitrogens with one attached hydrogen (secondary N) is 1. The minimum atomic E-state index is -0.372. The Morgan fingerprint density at radius 1 is 0.939 bits per heavy atom. The van der Waals surface area contributed by atoms with E-state index in [1.165, 1.54) is 12.0 Å². The Bertz CT molecular complexity index is 1180. The number of carbonyl (C=O) groups excluding carboxylic acids is 3. The highest BCUT2D eigenvalue weighted by Gasteiger charge is 2.67. The van der Waals surface area contributed by atoms with Crippen LogP contribution in [0, 0.1) is 35.5 Å². The van der Waals surface area contributed by atoms with Crippen LogP contribution < -0.4 is 19.7 Å². The van der Waals surface area contributed by atoms with Gasteiger partial charge >= 0.3 is 0 Å². The third-order valence-corrected chi connectivity index (χ3v) is 7.68. The molecule has 0 aromatic heterocycles. The van der Waals surface area contributed by atoms with Gasteiger partial charge in [0.2, 0.25) is 11.8 Å². The normalized spacial score (nSPS) is 30.7. The van der Waals surface area contributed by atoms with Crippen molar-refractivity contribution < 1.29 is 23.9 Å². The highest BCUT2D eigenvalue weighted by molar-refractivity contribution is 6.23. The molecule has 0 unspecified atom stereocenters. The molecule has 6 atom stereocenters. The highest BCUT2D eigenvalue weighted by Crippen LogP contribution is 2.65. The minimum absolute atomic E-state index is 0.137. The number of allylic oxidation sites excluding steroid dienone is 2. The number of amides is 3. The van der Waals surface area contributed by atoms with Gasteiger partial charge in [-0.25, -0.2) is 4.90 Å². The third-order valence-electron chi connectivity index (χ3n) is 7.68. The number of hydrogen-bond donors (Lipinski definition) is 1. The van der Waals surface area contributed by atoms with Crippen molar-refractivity contribution in [3.05, 3.63) is 60.2 Å². The van der Waals surface area contributed by atoms with Gasteiger partial charge in [0.15, 0.2) is 0 Å². The molecule has 2 aromatic carbocycles. The lowest BCUT2D eigenvalue weighted by Gasteiger charge is -2.37. The number of carbonyl (C=O) groups is 3. The quantitative estimate of drug-likeness (QED) is 0.564. The predicted molar refractivity (Wildman–Crippen MR) is 121 cm³/mol. The van der Waals surface area contributed by atoms with Crippen LogP contribution in [0.15, 0.2) is 54.6 Å². The Labute approximate surface area is 191 Å². The molecule has 2 bridgehead atoms. The molecule has 0 radical (unpaired) electrons. The zero-order valence-electron chi connectivity index (χ0n) is 18.4. The van der Waals surface area contributed by atoms with Crippen LogP contribution in [-0.4, -0.2) is 31.9 Å². The average molecular weight is 444 g/mol. The molecule has 7 heteroatoms. The fourth-order valence-corrected chi connectivity index (χ4v) is 6.10. The number of hydrogen-bond acceptors (Lipinski definition) is 5. The zero-order chi connectivity index (χ0) is 22.9. The molecular formula is C26H24N2O5. The van der Waals surface area contributed by atoms with E-state index >= 15 is 0 Å². The molecule has 0 spiro atoms. The van der Waals surface area contributed by atoms with E-state index in [1.807, 2.05) is 0 Å². The first kappa shape index (κ1) is 20.0. The van der Waals surface area contributed by atoms with E-state index in [0.29, 0.717) is 40.3 Å². The first-order valence-corrected chi connectivity index (χ1v) is 11.2. The lowest BCUT2D eigenvalue weighted by atomic mass is 9.63. The SMILES string of the molecule is COc1ccc(OC)c(NC(=O)c2cccc(N3C(=O)[C@H]4[C@@H]5C=C[C@@H]([C@H]6C[C@H]56)[C@@H]4C3=O)c2)c1. The number of nitrogens with zero attached hydrogens (tertiary/aromatic N) is 1. The highest BCUT2D eigenvalue weighted by atomic mass is 16.5. The molecule has 4 aliphatic carbocycles. The van der Waals surface area contributed by atoms with Crippen molar-refractivity contribution in [1.29, 1.82) is 0 Å². The molecular weight excluding hydrogens is 420 g/mol. The van der Waals surface area contributed by atoms with E-state index < -0.39 is 0 Å². The number of imide groups is 1. The summed E-state index contributed by atoms with van der Waals surface area (Å²) in [5.74, 6) is 1.32. The smallest absolute Gasteiger partial charge is 0.255 e. The van der Waals surface area contributed by atoms with Gasteiger partial charge in [0.05, 0.1) is 37.4 Å². The third kappa shape index (κ3) is 2.91. The van der Waals surface area contributed by atoms with Crippen molar-refractivity contribution in [3.63, 3.8) is 0 Å². The monoisotopic (exact) mass is 444 g/mol. The minimum Gasteiger partial charge on any atom is -0.497 e. The van der Waals surface area contributed by atoms with Crippen LogP contribution in [0.4, 0.5) is 11.4 Å². The summed E-state index contributed by atoms with van der Waals surface area (Å²) in [4.78, 5) is 41.1. The summed E-state index contributed by atoms with van der Waals surface area (Å²) >= 11 is 0. The molecule has 5 aliphatic rings. The van der Waals surface area contributed by atoms with Crippen LogP contribution in [0.25, 0.3) is 0 Å². The summed E-state index contributed by atoms with van der Waals surface area (Å²) in [6.45, 7) is 0. The van der Waals surface area contributed by atoms with E-state index in [2.05, 4.69) is 17.5 Å². The van der Waals surface area contributed by atoms with Gasteiger partial charge in [-0.2, -0.15) is 0 Å². The molecule has 7 rings (SSSR count). The van der Waals surface area contributed by atoms with Crippen molar-refractivity contribution >= 4 is 29.1 Å². The van der Waals surface area contributed by atoms with Crippen LogP contribution in [-0.2, 0) is 9.59 Å². The first-order chi connectivity index (χ1) is 16.0. The second-order valence-electron chi connectivity index (χ2n) is 9.24. The van der Waals surface area contributed by atoms with Crippen LogP contribution in [0.2, 0.25) is 0 Å². The van der Waals surface area contributed by atoms with E-state index in [-0.39, 0.29) is 41.4 Å². The molecule has 7 nitrogen and oxygen atoms in total. The largest absolute Gasteiger partial charge is 0.497 e. The van der Waals surface area contributed by atoms with Gasteiger partial charge in [-0.05, 0) is 60.4 Å². The molecule has 168 valence electrons. The van der Waals surface area contributed by atoms with Gasteiger partial charge in [-0.15, -0.1) is 0 Å². The fraction of sp³-hybridized carbons (Fsp3) is 0.346. The van der Waals surface area contributed by atoms with Gasteiger partial charge in [0.25, 0.3) is 5.91 Å². The van der Waals surface area contributed by atoms with E-state index in [4.69, 9.17) is 9.47 Å². The number of methoxy groups -OCH3 is 2. The van der Waals surface area contributed by atoms with Crippen molar-refractivity contribution in [2.45, 2.75) is 6.42 Å². The average Bonchev–Trinajstić information content (AvgIpc) is 3.62. The zero-order valence-corrected chi connectivity index (χ0v) is 18.4. The number of ether oxygens (including phenoxy) is 2. The van der Waals surface area contributed by atoms with E-state index in [1.54, 1.807) is 49.6 Å². The maximum absolute atomic E-state index is 13.4. The summed E-state index contributed by atoms with van der Waals surface area (Å²) in [6, 6.07) is 11.8. The maximum atomic E-state index is 13.4. The summed E-state index contributed by atoms with van der Waals surface area (Å²) in [7, 11) is 3.07. The summed E-state index contributed by atoms with van der Waals surface area (Å²) in [5, 5.41) is 2.84. The molecule has 33 heavy (non-hydrogen) atoms. The molecule has 2 saturated carbocycles. The van der Waals surface area contributed by atoms with Crippen LogP contribution >= 0.6 is 0 Å². The lowest BCUT2D eigenvalue weighted by Crippen LogP contribution is -2.40. The summed E-state index contributed by atoms with van der Waals surface area (Å²) in [5.41, 5.74) is 1.25. The fourth-order valence-electron chi connectivity index (χ4n) is 6.10. The molecule has 3 amide bonds. The van der Waals surface area contributed by atoms with Gasteiger partial charge in [0.1, 0.15) is 11.5 Å². The number of rotatable bonds is 5. The number of benzene rings is 2. The van der Waals surface area contributed by atoms with Crippen molar-refractivity contribution in [1.82, 2.24) is 0 Å². The standard InChI is InChI=1S/C26H24N2O5/c1-32-15-6-9-21(33-2)20(11-15)27-24(29)13-4-3-5-14(10-13)28-25(30)22-16-7-8-17(19-12-18(16)19)23(22)26(28)31/h3-11,16-19,22-23H,12H2,1-2H3,(H,27,29)/t16-,17+,18-,19-,22+,23+/m1/s1. The van der Waals surface area contributed by atoms with Gasteiger partial charge in [-0.3, -0.25) is 14.4 Å². The molecule has 1 saturated heterocycles. The Hall–Kier alpha value is -3.61. The van der Waals surface area contributed by atoms with Crippen LogP contribution in [0.1, 0.15) is 16.8 Å². The van der Waals surface area contributed by atoms with Crippen molar-refractivity contribution in [2.24, 2.45) is 35.5 Å². The lowest BCUT2D eigenvalue weighted by molar-refractivity contribution is -0.124. The second-order valence-corrected chi connectivity index (χ2v) is 9.24. The van der Waals surface area contributed by atoms with Crippen molar-refractivity contribution in [2.75, 3.05) is 24.4 Å². The summed E-state index contributed by atoms with van der Waals surface area (Å²) in [6.07, 6.45) is 5.43. The molecule has 2 aromatic rings. The molecule has 1 aliphatic heterocycles. The Morgan fingerprint density at radius 2 is 1.64 bits per heavy atom. The Morgan fingerprint density at radius 3 is 2.27 bits per heavy atom. The van der Waals surface area contributed by atoms with Crippen LogP contribution in [0.5, 0.6) is 11.5 Å². The summed E-state index contributed by atoms with van der Waals surface area (Å²) < 4.78 is 10.6. The van der Waals surface area contributed by atoms with Crippen LogP contribution in [0.3, 0.4) is 0 Å². The molecule has 3 fully saturated rings. The topological polar surface area (TPSA) is 84.9 Å². The second kappa shape index (κ2) is 7.20. The van der Waals surface area contributed by atoms with Gasteiger partial charge < -0.3 is 14.8 Å². The Balaban J connectivity index is 1.28. The molecule has 1 N–H and O–H groups in total. The number of anilines is 2. The predicted octanol–water partition coefficient (Wildman–Crippen LogP) is 3.51. The van der Waals surface area contributed by atoms with Crippen molar-refractivity contribution in [3.8, 4) is 11.5 Å². The Kier molecular flexibility index (Phi) is 4.37. The van der Waals surface area contributed by atoms with Gasteiger partial charge in [0, 0.05) is 11.6 Å². The molecule has 1 heterocycles. The van der Waals surface area contributed by atoms with E-state index in [9.17, 15) is 14.4 Å². The van der Waals surface area contributed by atoms with E-state index in [0.717, 1.165) is 6.42 Å². The maximum Gasteiger partial charge on any atom is 0.255 e. The van der Waals surface area contributed by atoms with Gasteiger partial charge in [-0.1, -0.05) is 18.2 Å².